The maximum Gasteiger partial charge on any atom is 0.331 e. The molecular weight excluding hydrogens is 429 g/mol. The molecule has 8 nitrogen and oxygen atoms in total. The summed E-state index contributed by atoms with van der Waals surface area (Å²) in [5.41, 5.74) is 1.23. The van der Waals surface area contributed by atoms with Crippen molar-refractivity contribution in [1.82, 2.24) is 25.1 Å². The Balaban J connectivity index is 1.82. The number of aliphatic carboxylic acids is 1. The van der Waals surface area contributed by atoms with Crippen LogP contribution in [0.5, 0.6) is 0 Å². The lowest BCUT2D eigenvalue weighted by Crippen LogP contribution is -2.49. The van der Waals surface area contributed by atoms with Crippen LogP contribution >= 0.6 is 23.2 Å². The number of carbonyl (C=O) groups is 2. The van der Waals surface area contributed by atoms with Crippen molar-refractivity contribution in [1.29, 1.82) is 0 Å². The van der Waals surface area contributed by atoms with Crippen LogP contribution in [0.2, 0.25) is 10.0 Å². The third kappa shape index (κ3) is 4.83. The highest BCUT2D eigenvalue weighted by molar-refractivity contribution is 6.44. The molecule has 0 saturated carbocycles. The van der Waals surface area contributed by atoms with Gasteiger partial charge in [-0.2, -0.15) is 0 Å². The molecular formula is C20H23Cl2N5O3. The van der Waals surface area contributed by atoms with Gasteiger partial charge in [0.2, 0.25) is 0 Å². The molecule has 2 heterocycles. The maximum atomic E-state index is 12.7. The van der Waals surface area contributed by atoms with E-state index in [2.05, 4.69) is 20.2 Å². The summed E-state index contributed by atoms with van der Waals surface area (Å²) >= 11 is 12.8. The zero-order valence-corrected chi connectivity index (χ0v) is 18.2. The Morgan fingerprint density at radius 2 is 1.93 bits per heavy atom. The van der Waals surface area contributed by atoms with Crippen molar-refractivity contribution in [2.75, 3.05) is 27.2 Å². The quantitative estimate of drug-likeness (QED) is 0.723. The highest BCUT2D eigenvalue weighted by Gasteiger charge is 2.30. The van der Waals surface area contributed by atoms with Crippen molar-refractivity contribution >= 4 is 35.2 Å². The SMILES string of the molecule is CN1CCC(N(C)C(=O)NC(C(=O)O)c2ccc(-c3cnccn3)c(Cl)c2Cl)CC1. The fourth-order valence-electron chi connectivity index (χ4n) is 3.47. The van der Waals surface area contributed by atoms with Crippen LogP contribution in [-0.4, -0.2) is 70.1 Å². The van der Waals surface area contributed by atoms with Gasteiger partial charge in [0.05, 0.1) is 21.9 Å². The fourth-order valence-corrected chi connectivity index (χ4v) is 4.01. The minimum Gasteiger partial charge on any atom is -0.479 e. The lowest BCUT2D eigenvalue weighted by molar-refractivity contribution is -0.139. The second kappa shape index (κ2) is 9.59. The Hall–Kier alpha value is -2.42. The molecule has 1 aromatic carbocycles. The van der Waals surface area contributed by atoms with Crippen LogP contribution in [0.1, 0.15) is 24.4 Å². The van der Waals surface area contributed by atoms with E-state index in [1.165, 1.54) is 24.7 Å². The number of hydrogen-bond donors (Lipinski definition) is 2. The molecule has 0 radical (unpaired) electrons. The number of benzene rings is 1. The number of piperidine rings is 1. The van der Waals surface area contributed by atoms with Crippen LogP contribution in [0.15, 0.2) is 30.7 Å². The van der Waals surface area contributed by atoms with Gasteiger partial charge in [0.1, 0.15) is 0 Å². The highest BCUT2D eigenvalue weighted by Crippen LogP contribution is 2.37. The zero-order chi connectivity index (χ0) is 21.8. The normalized spacial score (nSPS) is 16.1. The fraction of sp³-hybridized carbons (Fsp3) is 0.400. The van der Waals surface area contributed by atoms with Crippen molar-refractivity contribution < 1.29 is 14.7 Å². The van der Waals surface area contributed by atoms with E-state index in [1.54, 1.807) is 18.0 Å². The van der Waals surface area contributed by atoms with E-state index < -0.39 is 18.0 Å². The first-order valence-corrected chi connectivity index (χ1v) is 10.2. The number of urea groups is 1. The van der Waals surface area contributed by atoms with Gasteiger partial charge in [-0.15, -0.1) is 0 Å². The lowest BCUT2D eigenvalue weighted by Gasteiger charge is -2.35. The van der Waals surface area contributed by atoms with E-state index >= 15 is 0 Å². The number of nitrogens with one attached hydrogen (secondary N) is 1. The van der Waals surface area contributed by atoms with Gasteiger partial charge in [-0.1, -0.05) is 35.3 Å². The first kappa shape index (κ1) is 22.3. The smallest absolute Gasteiger partial charge is 0.331 e. The number of carboxylic acids is 1. The number of likely N-dealkylation sites (tertiary alicyclic amines) is 1. The van der Waals surface area contributed by atoms with Crippen molar-refractivity contribution in [3.05, 3.63) is 46.3 Å². The number of hydrogen-bond acceptors (Lipinski definition) is 5. The summed E-state index contributed by atoms with van der Waals surface area (Å²) in [5.74, 6) is -1.23. The van der Waals surface area contributed by atoms with Gasteiger partial charge < -0.3 is 20.2 Å². The molecule has 1 aromatic heterocycles. The van der Waals surface area contributed by atoms with E-state index in [9.17, 15) is 14.7 Å². The topological polar surface area (TPSA) is 98.7 Å². The third-order valence-electron chi connectivity index (χ3n) is 5.33. The Labute approximate surface area is 184 Å². The Morgan fingerprint density at radius 1 is 1.23 bits per heavy atom. The summed E-state index contributed by atoms with van der Waals surface area (Å²) in [6, 6.07) is 1.39. The van der Waals surface area contributed by atoms with Gasteiger partial charge in [0.15, 0.2) is 6.04 Å². The molecule has 0 spiro atoms. The van der Waals surface area contributed by atoms with Crippen molar-refractivity contribution in [2.45, 2.75) is 24.9 Å². The molecule has 1 saturated heterocycles. The number of nitrogens with zero attached hydrogens (tertiary/aromatic N) is 4. The van der Waals surface area contributed by atoms with Gasteiger partial charge in [-0.05, 0) is 33.0 Å². The molecule has 2 amide bonds. The van der Waals surface area contributed by atoms with Gasteiger partial charge in [0.25, 0.3) is 0 Å². The van der Waals surface area contributed by atoms with Gasteiger partial charge in [-0.3, -0.25) is 9.97 Å². The number of aromatic nitrogens is 2. The minimum atomic E-state index is -1.34. The average molecular weight is 452 g/mol. The molecule has 2 N–H and O–H groups in total. The third-order valence-corrected chi connectivity index (χ3v) is 6.23. The van der Waals surface area contributed by atoms with Crippen LogP contribution in [0.4, 0.5) is 4.79 Å². The van der Waals surface area contributed by atoms with E-state index in [-0.39, 0.29) is 21.7 Å². The minimum absolute atomic E-state index is 0.0498. The Morgan fingerprint density at radius 3 is 2.53 bits per heavy atom. The molecule has 0 bridgehead atoms. The van der Waals surface area contributed by atoms with E-state index in [1.807, 2.05) is 7.05 Å². The number of rotatable bonds is 5. The van der Waals surface area contributed by atoms with Gasteiger partial charge >= 0.3 is 12.0 Å². The molecule has 1 fully saturated rings. The van der Waals surface area contributed by atoms with Gasteiger partial charge in [0, 0.05) is 36.6 Å². The van der Waals surface area contributed by atoms with Crippen LogP contribution in [0.25, 0.3) is 11.3 Å². The molecule has 1 atom stereocenters. The number of halogens is 2. The lowest BCUT2D eigenvalue weighted by atomic mass is 10.0. The monoisotopic (exact) mass is 451 g/mol. The number of amides is 2. The molecule has 1 aliphatic heterocycles. The first-order valence-electron chi connectivity index (χ1n) is 9.48. The summed E-state index contributed by atoms with van der Waals surface area (Å²) in [4.78, 5) is 36.6. The van der Waals surface area contributed by atoms with Crippen LogP contribution in [0, 0.1) is 0 Å². The maximum absolute atomic E-state index is 12.7. The summed E-state index contributed by atoms with van der Waals surface area (Å²) in [7, 11) is 3.71. The summed E-state index contributed by atoms with van der Waals surface area (Å²) < 4.78 is 0. The molecule has 1 unspecified atom stereocenters. The molecule has 1 aliphatic rings. The van der Waals surface area contributed by atoms with Crippen LogP contribution in [0.3, 0.4) is 0 Å². The second-order valence-corrected chi connectivity index (χ2v) is 8.04. The van der Waals surface area contributed by atoms with E-state index in [4.69, 9.17) is 23.2 Å². The Bertz CT molecular complexity index is 920. The average Bonchev–Trinajstić information content (AvgIpc) is 2.74. The van der Waals surface area contributed by atoms with E-state index in [0.29, 0.717) is 11.3 Å². The summed E-state index contributed by atoms with van der Waals surface area (Å²) in [6.45, 7) is 1.77. The predicted molar refractivity (Wildman–Crippen MR) is 115 cm³/mol. The van der Waals surface area contributed by atoms with Crippen molar-refractivity contribution in [2.24, 2.45) is 0 Å². The molecule has 10 heteroatoms. The highest BCUT2D eigenvalue weighted by atomic mass is 35.5. The molecule has 2 aromatic rings. The molecule has 0 aliphatic carbocycles. The van der Waals surface area contributed by atoms with Crippen LogP contribution < -0.4 is 5.32 Å². The predicted octanol–water partition coefficient (Wildman–Crippen LogP) is 3.31. The van der Waals surface area contributed by atoms with Crippen LogP contribution in [-0.2, 0) is 4.79 Å². The van der Waals surface area contributed by atoms with Crippen molar-refractivity contribution in [3.63, 3.8) is 0 Å². The molecule has 3 rings (SSSR count). The second-order valence-electron chi connectivity index (χ2n) is 7.29. The Kier molecular flexibility index (Phi) is 7.12. The summed E-state index contributed by atoms with van der Waals surface area (Å²) in [6.07, 6.45) is 6.25. The number of carboxylic acid groups (broad SMARTS) is 1. The van der Waals surface area contributed by atoms with E-state index in [0.717, 1.165) is 25.9 Å². The van der Waals surface area contributed by atoms with Crippen molar-refractivity contribution in [3.8, 4) is 11.3 Å². The first-order chi connectivity index (χ1) is 14.3. The summed E-state index contributed by atoms with van der Waals surface area (Å²) in [5, 5.41) is 12.5. The zero-order valence-electron chi connectivity index (χ0n) is 16.7. The standard InChI is InChI=1S/C20H23Cl2N5O3/c1-26-9-5-12(6-10-26)27(2)20(30)25-18(19(28)29)14-4-3-13(16(21)17(14)22)15-11-23-7-8-24-15/h3-4,7-8,11-12,18H,5-6,9-10H2,1-2H3,(H,25,30)(H,28,29). The number of carbonyl (C=O) groups excluding carboxylic acids is 1. The van der Waals surface area contributed by atoms with Gasteiger partial charge in [-0.25, -0.2) is 9.59 Å². The molecule has 30 heavy (non-hydrogen) atoms. The largest absolute Gasteiger partial charge is 0.479 e. The molecule has 160 valence electrons.